The topological polar surface area (TPSA) is 139 Å². The van der Waals surface area contributed by atoms with Gasteiger partial charge in [0.05, 0.1) is 7.11 Å². The summed E-state index contributed by atoms with van der Waals surface area (Å²) in [5.41, 5.74) is 2.43. The maximum atomic E-state index is 13.4. The summed E-state index contributed by atoms with van der Waals surface area (Å²) in [4.78, 5) is 57.3. The van der Waals surface area contributed by atoms with E-state index >= 15 is 0 Å². The Hall–Kier alpha value is -4.65. The quantitative estimate of drug-likeness (QED) is 0.264. The van der Waals surface area contributed by atoms with E-state index in [1.54, 1.807) is 18.2 Å². The molecular formula is C29H35N5O7S. The van der Waals surface area contributed by atoms with Gasteiger partial charge < -0.3 is 29.7 Å². The van der Waals surface area contributed by atoms with Crippen LogP contribution in [0, 0.1) is 0 Å². The summed E-state index contributed by atoms with van der Waals surface area (Å²) in [5, 5.41) is 6.87. The van der Waals surface area contributed by atoms with E-state index in [1.807, 2.05) is 57.1 Å². The predicted octanol–water partition coefficient (Wildman–Crippen LogP) is 3.71. The van der Waals surface area contributed by atoms with Gasteiger partial charge >= 0.3 is 12.0 Å². The number of hydrogen-bond donors (Lipinski definition) is 2. The van der Waals surface area contributed by atoms with Crippen LogP contribution in [-0.4, -0.2) is 74.7 Å². The van der Waals surface area contributed by atoms with E-state index in [1.165, 1.54) is 12.5 Å². The van der Waals surface area contributed by atoms with Crippen LogP contribution in [0.4, 0.5) is 15.6 Å². The van der Waals surface area contributed by atoms with Crippen LogP contribution >= 0.6 is 11.3 Å². The van der Waals surface area contributed by atoms with Gasteiger partial charge in [0.2, 0.25) is 12.3 Å². The van der Waals surface area contributed by atoms with Crippen molar-refractivity contribution >= 4 is 46.5 Å². The number of hydrogen-bond acceptors (Lipinski definition) is 10. The summed E-state index contributed by atoms with van der Waals surface area (Å²) in [6, 6.07) is 10.7. The number of amides is 4. The Morgan fingerprint density at radius 1 is 1.05 bits per heavy atom. The van der Waals surface area contributed by atoms with Gasteiger partial charge in [-0.2, -0.15) is 0 Å². The molecule has 224 valence electrons. The highest BCUT2D eigenvalue weighted by Crippen LogP contribution is 2.30. The number of carbonyl (C=O) groups excluding carboxylic acids is 4. The molecule has 1 aliphatic heterocycles. The molecule has 0 fully saturated rings. The Morgan fingerprint density at radius 3 is 2.36 bits per heavy atom. The minimum atomic E-state index is -1.21. The normalized spacial score (nSPS) is 12.1. The van der Waals surface area contributed by atoms with E-state index in [-0.39, 0.29) is 23.8 Å². The summed E-state index contributed by atoms with van der Waals surface area (Å²) in [6.07, 6.45) is 0.365. The number of urea groups is 1. The molecule has 0 saturated carbocycles. The lowest BCUT2D eigenvalue weighted by Crippen LogP contribution is -2.51. The molecule has 2 N–H and O–H groups in total. The number of esters is 1. The standard InChI is InChI=1S/C27H29N5O7S.C2H6/c1-31(2)19-7-4-17(5-8-19)12-21(24(34)30-26-29-20(15-40-26)25(35)37-3)32(16-33)27(36)28-14-18-6-9-22-23(13-18)39-11-10-38-22;1-2/h4-9,13,15-16,21H,10-12,14H2,1-3H3,(H,28,36)(H,29,30,34);1-2H3. The Bertz CT molecular complexity index is 1380. The lowest BCUT2D eigenvalue weighted by Gasteiger charge is -2.26. The number of imide groups is 1. The minimum absolute atomic E-state index is 0.0306. The summed E-state index contributed by atoms with van der Waals surface area (Å²) in [7, 11) is 5.03. The zero-order chi connectivity index (χ0) is 30.6. The summed E-state index contributed by atoms with van der Waals surface area (Å²) < 4.78 is 15.8. The van der Waals surface area contributed by atoms with Crippen LogP contribution in [0.1, 0.15) is 35.5 Å². The SMILES string of the molecule is CC.COC(=O)c1csc(NC(=O)C(Cc2ccc(N(C)C)cc2)N(C=O)C(=O)NCc2ccc3c(c2)OCCO3)n1. The third kappa shape index (κ3) is 8.19. The highest BCUT2D eigenvalue weighted by atomic mass is 32.1. The molecule has 42 heavy (non-hydrogen) atoms. The molecule has 12 nitrogen and oxygen atoms in total. The van der Waals surface area contributed by atoms with E-state index in [4.69, 9.17) is 9.47 Å². The van der Waals surface area contributed by atoms with Gasteiger partial charge in [0.1, 0.15) is 19.3 Å². The Kier molecular flexibility index (Phi) is 11.7. The maximum absolute atomic E-state index is 13.4. The molecule has 1 unspecified atom stereocenters. The Labute approximate surface area is 248 Å². The molecular weight excluding hydrogens is 562 g/mol. The van der Waals surface area contributed by atoms with E-state index in [2.05, 4.69) is 20.4 Å². The highest BCUT2D eigenvalue weighted by Gasteiger charge is 2.31. The van der Waals surface area contributed by atoms with Gasteiger partial charge in [-0.1, -0.05) is 32.0 Å². The van der Waals surface area contributed by atoms with Crippen LogP contribution in [0.2, 0.25) is 0 Å². The fourth-order valence-electron chi connectivity index (χ4n) is 3.92. The van der Waals surface area contributed by atoms with Gasteiger partial charge in [0, 0.05) is 38.1 Å². The number of methoxy groups -OCH3 is 1. The van der Waals surface area contributed by atoms with E-state index in [9.17, 15) is 19.2 Å². The number of fused-ring (bicyclic) bond motifs is 1. The largest absolute Gasteiger partial charge is 0.486 e. The van der Waals surface area contributed by atoms with Crippen LogP contribution in [-0.2, 0) is 27.3 Å². The molecule has 1 aliphatic rings. The van der Waals surface area contributed by atoms with Crippen molar-refractivity contribution in [2.45, 2.75) is 32.9 Å². The highest BCUT2D eigenvalue weighted by molar-refractivity contribution is 7.14. The van der Waals surface area contributed by atoms with Crippen molar-refractivity contribution in [3.8, 4) is 11.5 Å². The van der Waals surface area contributed by atoms with Crippen molar-refractivity contribution < 1.29 is 33.4 Å². The molecule has 0 bridgehead atoms. The predicted molar refractivity (Wildman–Crippen MR) is 159 cm³/mol. The fraction of sp³-hybridized carbons (Fsp3) is 0.345. The van der Waals surface area contributed by atoms with Crippen molar-refractivity contribution in [2.24, 2.45) is 0 Å². The molecule has 0 spiro atoms. The first kappa shape index (κ1) is 31.9. The number of thiazole rings is 1. The van der Waals surface area contributed by atoms with Crippen LogP contribution in [0.25, 0.3) is 0 Å². The molecule has 2 heterocycles. The molecule has 0 saturated heterocycles. The molecule has 0 radical (unpaired) electrons. The monoisotopic (exact) mass is 597 g/mol. The first-order valence-corrected chi connectivity index (χ1v) is 14.2. The molecule has 2 aromatic carbocycles. The molecule has 1 atom stereocenters. The average Bonchev–Trinajstić information content (AvgIpc) is 3.49. The number of nitrogens with zero attached hydrogens (tertiary/aromatic N) is 3. The van der Waals surface area contributed by atoms with Gasteiger partial charge in [-0.15, -0.1) is 11.3 Å². The number of ether oxygens (including phenoxy) is 3. The zero-order valence-corrected chi connectivity index (χ0v) is 25.0. The van der Waals surface area contributed by atoms with Crippen molar-refractivity contribution in [1.82, 2.24) is 15.2 Å². The number of carbonyl (C=O) groups is 4. The lowest BCUT2D eigenvalue weighted by molar-refractivity contribution is -0.127. The Morgan fingerprint density at radius 2 is 1.71 bits per heavy atom. The van der Waals surface area contributed by atoms with Gasteiger partial charge in [-0.05, 0) is 35.4 Å². The van der Waals surface area contributed by atoms with E-state index in [0.29, 0.717) is 31.1 Å². The third-order valence-corrected chi connectivity index (χ3v) is 6.81. The first-order chi connectivity index (χ1) is 20.3. The number of aromatic nitrogens is 1. The summed E-state index contributed by atoms with van der Waals surface area (Å²) >= 11 is 1.02. The van der Waals surface area contributed by atoms with E-state index < -0.39 is 23.9 Å². The molecule has 1 aromatic heterocycles. The molecule has 4 rings (SSSR count). The minimum Gasteiger partial charge on any atom is -0.486 e. The summed E-state index contributed by atoms with van der Waals surface area (Å²) in [5.74, 6) is -0.116. The van der Waals surface area contributed by atoms with E-state index in [0.717, 1.165) is 33.1 Å². The van der Waals surface area contributed by atoms with Crippen molar-refractivity contribution in [3.05, 3.63) is 64.7 Å². The molecule has 3 aromatic rings. The second kappa shape index (κ2) is 15.4. The Balaban J connectivity index is 0.00000237. The van der Waals surface area contributed by atoms with Gasteiger partial charge in [0.25, 0.3) is 0 Å². The smallest absolute Gasteiger partial charge is 0.357 e. The van der Waals surface area contributed by atoms with Crippen LogP contribution in [0.5, 0.6) is 11.5 Å². The van der Waals surface area contributed by atoms with Crippen LogP contribution in [0.15, 0.2) is 47.8 Å². The van der Waals surface area contributed by atoms with Crippen LogP contribution in [0.3, 0.4) is 0 Å². The molecule has 13 heteroatoms. The fourth-order valence-corrected chi connectivity index (χ4v) is 4.60. The second-order valence-corrected chi connectivity index (χ2v) is 9.81. The van der Waals surface area contributed by atoms with Gasteiger partial charge in [-0.3, -0.25) is 14.5 Å². The maximum Gasteiger partial charge on any atom is 0.357 e. The van der Waals surface area contributed by atoms with Crippen LogP contribution < -0.4 is 25.0 Å². The molecule has 4 amide bonds. The van der Waals surface area contributed by atoms with Gasteiger partial charge in [0.15, 0.2) is 22.3 Å². The third-order valence-electron chi connectivity index (χ3n) is 6.05. The number of benzene rings is 2. The number of rotatable bonds is 10. The van der Waals surface area contributed by atoms with Crippen molar-refractivity contribution in [3.63, 3.8) is 0 Å². The van der Waals surface area contributed by atoms with Crippen molar-refractivity contribution in [1.29, 1.82) is 0 Å². The van der Waals surface area contributed by atoms with Crippen molar-refractivity contribution in [2.75, 3.05) is 44.6 Å². The van der Waals surface area contributed by atoms with Gasteiger partial charge in [-0.25, -0.2) is 14.6 Å². The average molecular weight is 598 g/mol. The number of anilines is 2. The number of nitrogens with one attached hydrogen (secondary N) is 2. The summed E-state index contributed by atoms with van der Waals surface area (Å²) in [6.45, 7) is 4.97. The molecule has 0 aliphatic carbocycles. The zero-order valence-electron chi connectivity index (χ0n) is 24.2. The second-order valence-electron chi connectivity index (χ2n) is 8.95. The lowest BCUT2D eigenvalue weighted by atomic mass is 10.0. The first-order valence-electron chi connectivity index (χ1n) is 13.3.